The average Bonchev–Trinajstić information content (AvgIpc) is 3.82. The molecule has 3 aliphatic rings. The van der Waals surface area contributed by atoms with Crippen molar-refractivity contribution < 1.29 is 9.26 Å². The zero-order chi connectivity index (χ0) is 24.5. The Balaban J connectivity index is 1.05. The third-order valence-corrected chi connectivity index (χ3v) is 8.51. The SMILES string of the molecule is CN(C)Cc1c(OCC2CC2)ccc2c(CCC3CCN(CC4(c5ccccn5)CC4)CC3)noc12. The summed E-state index contributed by atoms with van der Waals surface area (Å²) >= 11 is 0. The van der Waals surface area contributed by atoms with Crippen LogP contribution in [0.4, 0.5) is 0 Å². The fourth-order valence-corrected chi connectivity index (χ4v) is 5.89. The van der Waals surface area contributed by atoms with Crippen LogP contribution in [-0.4, -0.2) is 60.3 Å². The maximum Gasteiger partial charge on any atom is 0.175 e. The third-order valence-electron chi connectivity index (χ3n) is 8.51. The minimum atomic E-state index is 0.319. The molecule has 0 radical (unpaired) electrons. The molecule has 1 aromatic carbocycles. The van der Waals surface area contributed by atoms with Crippen LogP contribution in [0, 0.1) is 11.8 Å². The Morgan fingerprint density at radius 1 is 1.06 bits per heavy atom. The predicted octanol–water partition coefficient (Wildman–Crippen LogP) is 5.45. The molecule has 2 aromatic heterocycles. The molecule has 3 aromatic rings. The van der Waals surface area contributed by atoms with E-state index < -0.39 is 0 Å². The summed E-state index contributed by atoms with van der Waals surface area (Å²) in [5.41, 5.74) is 4.75. The maximum atomic E-state index is 6.19. The number of aromatic nitrogens is 2. The molecule has 2 saturated carbocycles. The smallest absolute Gasteiger partial charge is 0.175 e. The summed E-state index contributed by atoms with van der Waals surface area (Å²) in [7, 11) is 4.18. The van der Waals surface area contributed by atoms with Gasteiger partial charge >= 0.3 is 0 Å². The molecule has 0 bridgehead atoms. The van der Waals surface area contributed by atoms with Crippen LogP contribution < -0.4 is 4.74 Å². The third kappa shape index (κ3) is 5.30. The van der Waals surface area contributed by atoms with Gasteiger partial charge in [-0.2, -0.15) is 0 Å². The van der Waals surface area contributed by atoms with Crippen molar-refractivity contribution in [2.75, 3.05) is 40.3 Å². The second-order valence-electron chi connectivity index (χ2n) is 11.8. The van der Waals surface area contributed by atoms with Gasteiger partial charge in [-0.3, -0.25) is 4.98 Å². The number of piperidine rings is 1. The Labute approximate surface area is 215 Å². The van der Waals surface area contributed by atoms with E-state index in [2.05, 4.69) is 58.3 Å². The lowest BCUT2D eigenvalue weighted by atomic mass is 9.90. The fraction of sp³-hybridized carbons (Fsp3) is 0.600. The topological polar surface area (TPSA) is 54.6 Å². The van der Waals surface area contributed by atoms with Gasteiger partial charge in [-0.1, -0.05) is 11.2 Å². The van der Waals surface area contributed by atoms with Crippen LogP contribution in [0.25, 0.3) is 11.0 Å². The number of ether oxygens (including phenoxy) is 1. The number of likely N-dealkylation sites (tertiary alicyclic amines) is 1. The molecular weight excluding hydrogens is 448 g/mol. The lowest BCUT2D eigenvalue weighted by Gasteiger charge is -2.34. The number of hydrogen-bond acceptors (Lipinski definition) is 6. The van der Waals surface area contributed by atoms with Gasteiger partial charge in [0.25, 0.3) is 0 Å². The van der Waals surface area contributed by atoms with Crippen LogP contribution in [0.3, 0.4) is 0 Å². The lowest BCUT2D eigenvalue weighted by Crippen LogP contribution is -2.39. The lowest BCUT2D eigenvalue weighted by molar-refractivity contribution is 0.165. The summed E-state index contributed by atoms with van der Waals surface area (Å²) in [5.74, 6) is 2.45. The molecule has 6 nitrogen and oxygen atoms in total. The van der Waals surface area contributed by atoms with E-state index in [1.165, 1.54) is 70.3 Å². The highest BCUT2D eigenvalue weighted by atomic mass is 16.5. The summed E-state index contributed by atoms with van der Waals surface area (Å²) in [6.07, 6.45) is 11.8. The van der Waals surface area contributed by atoms with E-state index in [9.17, 15) is 0 Å². The molecule has 1 aliphatic heterocycles. The highest BCUT2D eigenvalue weighted by Gasteiger charge is 2.46. The molecule has 0 spiro atoms. The van der Waals surface area contributed by atoms with Gasteiger partial charge in [-0.15, -0.1) is 0 Å². The summed E-state index contributed by atoms with van der Waals surface area (Å²) in [6.45, 7) is 5.18. The number of rotatable bonds is 11. The molecular formula is C30H40N4O2. The van der Waals surface area contributed by atoms with Gasteiger partial charge in [0.2, 0.25) is 0 Å². The van der Waals surface area contributed by atoms with Crippen molar-refractivity contribution in [3.8, 4) is 5.75 Å². The minimum Gasteiger partial charge on any atom is -0.493 e. The van der Waals surface area contributed by atoms with Crippen LogP contribution in [0.5, 0.6) is 5.75 Å². The molecule has 6 rings (SSSR count). The molecule has 6 heteroatoms. The van der Waals surface area contributed by atoms with E-state index in [1.807, 2.05) is 12.3 Å². The number of fused-ring (bicyclic) bond motifs is 1. The largest absolute Gasteiger partial charge is 0.493 e. The molecule has 3 heterocycles. The average molecular weight is 489 g/mol. The number of aryl methyl sites for hydroxylation is 1. The number of pyridine rings is 1. The molecule has 1 saturated heterocycles. The van der Waals surface area contributed by atoms with Gasteiger partial charge < -0.3 is 19.1 Å². The molecule has 0 N–H and O–H groups in total. The summed E-state index contributed by atoms with van der Waals surface area (Å²) in [6, 6.07) is 10.7. The summed E-state index contributed by atoms with van der Waals surface area (Å²) in [5, 5.41) is 5.70. The number of nitrogens with zero attached hydrogens (tertiary/aromatic N) is 4. The van der Waals surface area contributed by atoms with E-state index in [1.54, 1.807) is 0 Å². The van der Waals surface area contributed by atoms with Crippen molar-refractivity contribution in [1.29, 1.82) is 0 Å². The second-order valence-corrected chi connectivity index (χ2v) is 11.8. The Hall–Kier alpha value is -2.44. The van der Waals surface area contributed by atoms with E-state index in [-0.39, 0.29) is 0 Å². The standard InChI is InChI=1S/C30H40N4O2/c1-33(2)19-25-27(35-20-23-6-7-23)11-9-24-26(32-36-29(24)25)10-8-22-12-17-34(18-13-22)21-30(14-15-30)28-5-3-4-16-31-28/h3-5,9,11,16,22-23H,6-8,10,12-15,17-21H2,1-2H3. The van der Waals surface area contributed by atoms with Gasteiger partial charge in [0.15, 0.2) is 5.58 Å². The van der Waals surface area contributed by atoms with Crippen molar-refractivity contribution >= 4 is 11.0 Å². The van der Waals surface area contributed by atoms with Crippen LogP contribution in [0.1, 0.15) is 61.9 Å². The Morgan fingerprint density at radius 3 is 2.58 bits per heavy atom. The molecule has 3 fully saturated rings. The van der Waals surface area contributed by atoms with Crippen LogP contribution in [0.15, 0.2) is 41.1 Å². The van der Waals surface area contributed by atoms with Gasteiger partial charge in [0.1, 0.15) is 5.75 Å². The van der Waals surface area contributed by atoms with Gasteiger partial charge in [0, 0.05) is 35.8 Å². The van der Waals surface area contributed by atoms with Crippen LogP contribution in [0.2, 0.25) is 0 Å². The van der Waals surface area contributed by atoms with Crippen molar-refractivity contribution in [2.45, 2.75) is 63.3 Å². The van der Waals surface area contributed by atoms with E-state index in [4.69, 9.17) is 9.26 Å². The van der Waals surface area contributed by atoms with Crippen molar-refractivity contribution in [2.24, 2.45) is 11.8 Å². The molecule has 2 aliphatic carbocycles. The van der Waals surface area contributed by atoms with Gasteiger partial charge in [-0.05, 0) is 115 Å². The van der Waals surface area contributed by atoms with E-state index in [0.717, 1.165) is 59.4 Å². The van der Waals surface area contributed by atoms with Gasteiger partial charge in [-0.25, -0.2) is 0 Å². The number of hydrogen-bond donors (Lipinski definition) is 0. The molecule has 0 amide bonds. The maximum absolute atomic E-state index is 6.19. The van der Waals surface area contributed by atoms with E-state index >= 15 is 0 Å². The highest BCUT2D eigenvalue weighted by Crippen LogP contribution is 2.48. The number of benzene rings is 1. The highest BCUT2D eigenvalue weighted by molar-refractivity contribution is 5.84. The quantitative estimate of drug-likeness (QED) is 0.358. The monoisotopic (exact) mass is 488 g/mol. The van der Waals surface area contributed by atoms with Crippen molar-refractivity contribution in [3.05, 3.63) is 53.5 Å². The first-order valence-electron chi connectivity index (χ1n) is 13.9. The zero-order valence-corrected chi connectivity index (χ0v) is 21.9. The van der Waals surface area contributed by atoms with Crippen molar-refractivity contribution in [1.82, 2.24) is 19.9 Å². The first-order valence-corrected chi connectivity index (χ1v) is 13.9. The van der Waals surface area contributed by atoms with Crippen LogP contribution in [-0.2, 0) is 18.4 Å². The Kier molecular flexibility index (Phi) is 6.74. The summed E-state index contributed by atoms with van der Waals surface area (Å²) in [4.78, 5) is 9.53. The normalized spacial score (nSPS) is 20.3. The van der Waals surface area contributed by atoms with E-state index in [0.29, 0.717) is 5.41 Å². The van der Waals surface area contributed by atoms with Crippen LogP contribution >= 0.6 is 0 Å². The fourth-order valence-electron chi connectivity index (χ4n) is 5.89. The zero-order valence-electron chi connectivity index (χ0n) is 21.9. The molecule has 0 atom stereocenters. The van der Waals surface area contributed by atoms with Gasteiger partial charge in [0.05, 0.1) is 17.9 Å². The first-order chi connectivity index (χ1) is 17.6. The molecule has 192 valence electrons. The minimum absolute atomic E-state index is 0.319. The first kappa shape index (κ1) is 23.9. The summed E-state index contributed by atoms with van der Waals surface area (Å²) < 4.78 is 12.1. The Morgan fingerprint density at radius 2 is 1.89 bits per heavy atom. The second kappa shape index (κ2) is 10.1. The molecule has 36 heavy (non-hydrogen) atoms. The molecule has 0 unspecified atom stereocenters. The predicted molar refractivity (Wildman–Crippen MR) is 142 cm³/mol. The van der Waals surface area contributed by atoms with Crippen molar-refractivity contribution in [3.63, 3.8) is 0 Å². The Bertz CT molecular complexity index is 1160.